The molecular weight excluding hydrogens is 445 g/mol. The summed E-state index contributed by atoms with van der Waals surface area (Å²) in [6.07, 6.45) is -1.21. The van der Waals surface area contributed by atoms with Gasteiger partial charge < -0.3 is 11.1 Å². The quantitative estimate of drug-likeness (QED) is 0.473. The van der Waals surface area contributed by atoms with Crippen molar-refractivity contribution in [3.05, 3.63) is 76.2 Å². The Morgan fingerprint density at radius 2 is 1.97 bits per heavy atom. The van der Waals surface area contributed by atoms with Crippen LogP contribution in [0.5, 0.6) is 0 Å². The maximum Gasteiger partial charge on any atom is 0.416 e. The van der Waals surface area contributed by atoms with Crippen LogP contribution in [0.1, 0.15) is 27.2 Å². The van der Waals surface area contributed by atoms with Crippen LogP contribution in [0.3, 0.4) is 0 Å². The van der Waals surface area contributed by atoms with Crippen LogP contribution < -0.4 is 11.1 Å². The molecule has 3 N–H and O–H groups in total. The Kier molecular flexibility index (Phi) is 5.47. The van der Waals surface area contributed by atoms with Crippen molar-refractivity contribution < 1.29 is 18.0 Å². The predicted molar refractivity (Wildman–Crippen MR) is 113 cm³/mol. The first-order valence-electron chi connectivity index (χ1n) is 9.34. The topological polar surface area (TPSA) is 98.2 Å². The summed E-state index contributed by atoms with van der Waals surface area (Å²) in [6.45, 7) is 1.49. The van der Waals surface area contributed by atoms with Gasteiger partial charge in [0.2, 0.25) is 5.95 Å². The van der Waals surface area contributed by atoms with Gasteiger partial charge in [-0.15, -0.1) is 5.10 Å². The second-order valence-electron chi connectivity index (χ2n) is 7.03. The van der Waals surface area contributed by atoms with E-state index in [0.717, 1.165) is 23.8 Å². The molecule has 0 unspecified atom stereocenters. The normalized spacial score (nSPS) is 11.7. The number of anilines is 1. The number of aryl methyl sites for hydroxylation is 1. The SMILES string of the molecule is Cc1ncc(-c2ccn3nc(N)nc3c2)cc1C(=O)NCc1cc(C(F)(F)F)ccc1Cl. The number of carbonyl (C=O) groups excluding carboxylic acids is 1. The maximum atomic E-state index is 13.0. The summed E-state index contributed by atoms with van der Waals surface area (Å²) in [5.74, 6) is -0.351. The number of hydrogen-bond donors (Lipinski definition) is 2. The number of nitrogen functional groups attached to an aromatic ring is 1. The fourth-order valence-electron chi connectivity index (χ4n) is 3.16. The lowest BCUT2D eigenvalue weighted by Crippen LogP contribution is -2.24. The summed E-state index contributed by atoms with van der Waals surface area (Å²) in [4.78, 5) is 21.2. The van der Waals surface area contributed by atoms with E-state index in [-0.39, 0.29) is 28.6 Å². The molecule has 1 aromatic carbocycles. The summed E-state index contributed by atoms with van der Waals surface area (Å²) in [5.41, 5.74) is 7.61. The van der Waals surface area contributed by atoms with Crippen molar-refractivity contribution in [2.45, 2.75) is 19.6 Å². The minimum atomic E-state index is -4.51. The monoisotopic (exact) mass is 460 g/mol. The molecule has 0 saturated carbocycles. The first kappa shape index (κ1) is 21.6. The van der Waals surface area contributed by atoms with Gasteiger partial charge in [0.15, 0.2) is 5.65 Å². The summed E-state index contributed by atoms with van der Waals surface area (Å²) < 4.78 is 40.4. The molecule has 4 rings (SSSR count). The lowest BCUT2D eigenvalue weighted by Gasteiger charge is -2.12. The number of amides is 1. The number of nitrogens with one attached hydrogen (secondary N) is 1. The fraction of sp³-hybridized carbons (Fsp3) is 0.143. The van der Waals surface area contributed by atoms with Gasteiger partial charge in [-0.05, 0) is 54.4 Å². The average molecular weight is 461 g/mol. The number of alkyl halides is 3. The number of benzene rings is 1. The van der Waals surface area contributed by atoms with Gasteiger partial charge in [0.25, 0.3) is 5.91 Å². The molecule has 0 bridgehead atoms. The van der Waals surface area contributed by atoms with Gasteiger partial charge in [-0.25, -0.2) is 4.52 Å². The molecular formula is C21H16ClF3N6O. The molecule has 3 heterocycles. The molecule has 0 fully saturated rings. The van der Waals surface area contributed by atoms with Gasteiger partial charge in [0.05, 0.1) is 16.8 Å². The maximum absolute atomic E-state index is 13.0. The summed E-state index contributed by atoms with van der Waals surface area (Å²) in [7, 11) is 0. The standard InChI is InChI=1S/C21H16ClF3N6O/c1-11-16(19(32)28-10-14-6-15(21(23,24)25)2-3-17(14)22)7-13(9-27-11)12-4-5-31-18(8-12)29-20(26)30-31/h2-9H,10H2,1H3,(H2,26,30)(H,28,32). The molecule has 3 aromatic heterocycles. The van der Waals surface area contributed by atoms with Crippen LogP contribution in [-0.4, -0.2) is 25.5 Å². The Balaban J connectivity index is 1.58. The highest BCUT2D eigenvalue weighted by Gasteiger charge is 2.31. The molecule has 0 aliphatic carbocycles. The van der Waals surface area contributed by atoms with E-state index in [2.05, 4.69) is 20.4 Å². The van der Waals surface area contributed by atoms with E-state index in [1.807, 2.05) is 0 Å². The van der Waals surface area contributed by atoms with Crippen molar-refractivity contribution in [1.82, 2.24) is 24.9 Å². The summed E-state index contributed by atoms with van der Waals surface area (Å²) >= 11 is 6.01. The highest BCUT2D eigenvalue weighted by atomic mass is 35.5. The molecule has 0 aliphatic heterocycles. The molecule has 0 saturated heterocycles. The summed E-state index contributed by atoms with van der Waals surface area (Å²) in [5, 5.41) is 6.75. The molecule has 164 valence electrons. The van der Waals surface area contributed by atoms with Crippen LogP contribution in [0, 0.1) is 6.92 Å². The Labute approximate surface area is 185 Å². The molecule has 11 heteroatoms. The van der Waals surface area contributed by atoms with Gasteiger partial charge in [0, 0.05) is 29.5 Å². The lowest BCUT2D eigenvalue weighted by atomic mass is 10.0. The highest BCUT2D eigenvalue weighted by molar-refractivity contribution is 6.31. The number of nitrogens with two attached hydrogens (primary N) is 1. The zero-order chi connectivity index (χ0) is 23.0. The Hall–Kier alpha value is -3.66. The summed E-state index contributed by atoms with van der Waals surface area (Å²) in [6, 6.07) is 8.15. The van der Waals surface area contributed by atoms with Crippen LogP contribution in [0.15, 0.2) is 48.8 Å². The number of pyridine rings is 2. The van der Waals surface area contributed by atoms with Gasteiger partial charge in [0.1, 0.15) is 0 Å². The first-order valence-corrected chi connectivity index (χ1v) is 9.72. The van der Waals surface area contributed by atoms with Gasteiger partial charge in [-0.1, -0.05) is 11.6 Å². The van der Waals surface area contributed by atoms with Crippen LogP contribution in [0.25, 0.3) is 16.8 Å². The van der Waals surface area contributed by atoms with E-state index >= 15 is 0 Å². The number of rotatable bonds is 4. The molecule has 32 heavy (non-hydrogen) atoms. The Morgan fingerprint density at radius 1 is 1.19 bits per heavy atom. The zero-order valence-electron chi connectivity index (χ0n) is 16.6. The first-order chi connectivity index (χ1) is 15.1. The molecule has 7 nitrogen and oxygen atoms in total. The number of hydrogen-bond acceptors (Lipinski definition) is 5. The molecule has 1 amide bonds. The number of carbonyl (C=O) groups is 1. The van der Waals surface area contributed by atoms with Gasteiger partial charge in [-0.3, -0.25) is 9.78 Å². The number of halogens is 4. The molecule has 4 aromatic rings. The van der Waals surface area contributed by atoms with Crippen molar-refractivity contribution in [3.63, 3.8) is 0 Å². The minimum absolute atomic E-state index is 0.128. The van der Waals surface area contributed by atoms with Crippen molar-refractivity contribution in [2.24, 2.45) is 0 Å². The number of aromatic nitrogens is 4. The van der Waals surface area contributed by atoms with Crippen molar-refractivity contribution in [3.8, 4) is 11.1 Å². The van der Waals surface area contributed by atoms with Crippen LogP contribution in [0.4, 0.5) is 19.1 Å². The average Bonchev–Trinajstić information content (AvgIpc) is 3.11. The minimum Gasteiger partial charge on any atom is -0.366 e. The van der Waals surface area contributed by atoms with E-state index in [4.69, 9.17) is 17.3 Å². The molecule has 0 spiro atoms. The van der Waals surface area contributed by atoms with Gasteiger partial charge in [-0.2, -0.15) is 18.2 Å². The Morgan fingerprint density at radius 3 is 2.72 bits per heavy atom. The third kappa shape index (κ3) is 4.35. The van der Waals surface area contributed by atoms with E-state index in [1.54, 1.807) is 37.5 Å². The van der Waals surface area contributed by atoms with Crippen LogP contribution in [0.2, 0.25) is 5.02 Å². The highest BCUT2D eigenvalue weighted by Crippen LogP contribution is 2.32. The number of fused-ring (bicyclic) bond motifs is 1. The smallest absolute Gasteiger partial charge is 0.366 e. The lowest BCUT2D eigenvalue weighted by molar-refractivity contribution is -0.137. The number of nitrogens with zero attached hydrogens (tertiary/aromatic N) is 4. The fourth-order valence-corrected chi connectivity index (χ4v) is 3.34. The van der Waals surface area contributed by atoms with Crippen LogP contribution >= 0.6 is 11.6 Å². The van der Waals surface area contributed by atoms with Crippen LogP contribution in [-0.2, 0) is 12.7 Å². The predicted octanol–water partition coefficient (Wildman–Crippen LogP) is 4.28. The van der Waals surface area contributed by atoms with Crippen molar-refractivity contribution in [2.75, 3.05) is 5.73 Å². The van der Waals surface area contributed by atoms with E-state index in [1.165, 1.54) is 4.52 Å². The van der Waals surface area contributed by atoms with Crippen molar-refractivity contribution >= 4 is 29.1 Å². The third-order valence-electron chi connectivity index (χ3n) is 4.83. The largest absolute Gasteiger partial charge is 0.416 e. The zero-order valence-corrected chi connectivity index (χ0v) is 17.4. The van der Waals surface area contributed by atoms with Gasteiger partial charge >= 0.3 is 6.18 Å². The molecule has 0 atom stereocenters. The molecule has 0 radical (unpaired) electrons. The second kappa shape index (κ2) is 8.12. The van der Waals surface area contributed by atoms with E-state index < -0.39 is 17.6 Å². The van der Waals surface area contributed by atoms with E-state index in [0.29, 0.717) is 16.9 Å². The second-order valence-corrected chi connectivity index (χ2v) is 7.44. The molecule has 0 aliphatic rings. The van der Waals surface area contributed by atoms with E-state index in [9.17, 15) is 18.0 Å². The Bertz CT molecular complexity index is 1340. The van der Waals surface area contributed by atoms with Crippen molar-refractivity contribution in [1.29, 1.82) is 0 Å². The third-order valence-corrected chi connectivity index (χ3v) is 5.20.